The molecule has 0 aliphatic heterocycles. The minimum Gasteiger partial charge on any atom is -0.482 e. The van der Waals surface area contributed by atoms with E-state index in [0.717, 1.165) is 30.4 Å². The van der Waals surface area contributed by atoms with Crippen molar-refractivity contribution >= 4 is 11.9 Å². The third-order valence-corrected chi connectivity index (χ3v) is 3.78. The van der Waals surface area contributed by atoms with Gasteiger partial charge < -0.3 is 14.8 Å². The van der Waals surface area contributed by atoms with Gasteiger partial charge in [-0.05, 0) is 29.7 Å². The minimum atomic E-state index is -0.569. The van der Waals surface area contributed by atoms with Crippen molar-refractivity contribution in [1.82, 2.24) is 5.32 Å². The standard InChI is InChI=1S/C21H25NO4/c1-2-3-7-14-22-20(23)15-26-21(24)16-25-19-12-10-18(11-13-19)17-8-5-4-6-9-17/h4-6,8-13H,2-3,7,14-16H2,1H3,(H,22,23). The summed E-state index contributed by atoms with van der Waals surface area (Å²) in [4.78, 5) is 23.2. The van der Waals surface area contributed by atoms with Crippen LogP contribution < -0.4 is 10.1 Å². The van der Waals surface area contributed by atoms with Gasteiger partial charge in [0.05, 0.1) is 0 Å². The third kappa shape index (κ3) is 6.97. The average Bonchev–Trinajstić information content (AvgIpc) is 2.69. The number of rotatable bonds is 10. The molecule has 0 atom stereocenters. The smallest absolute Gasteiger partial charge is 0.344 e. The van der Waals surface area contributed by atoms with Crippen LogP contribution in [0, 0.1) is 0 Å². The van der Waals surface area contributed by atoms with Crippen LogP contribution in [0.1, 0.15) is 26.2 Å². The molecule has 0 unspecified atom stereocenters. The Morgan fingerprint density at radius 1 is 0.885 bits per heavy atom. The van der Waals surface area contributed by atoms with Gasteiger partial charge in [0.15, 0.2) is 13.2 Å². The Labute approximate surface area is 154 Å². The van der Waals surface area contributed by atoms with E-state index in [4.69, 9.17) is 9.47 Å². The summed E-state index contributed by atoms with van der Waals surface area (Å²) in [6, 6.07) is 17.5. The summed E-state index contributed by atoms with van der Waals surface area (Å²) in [5.74, 6) is -0.284. The largest absolute Gasteiger partial charge is 0.482 e. The lowest BCUT2D eigenvalue weighted by atomic mass is 10.1. The van der Waals surface area contributed by atoms with Crippen LogP contribution in [-0.4, -0.2) is 31.6 Å². The second-order valence-corrected chi connectivity index (χ2v) is 5.90. The molecule has 0 aliphatic carbocycles. The summed E-state index contributed by atoms with van der Waals surface area (Å²) in [6.07, 6.45) is 3.09. The Bertz CT molecular complexity index is 683. The number of nitrogens with one attached hydrogen (secondary N) is 1. The van der Waals surface area contributed by atoms with Gasteiger partial charge in [-0.15, -0.1) is 0 Å². The molecule has 2 aromatic rings. The number of ether oxygens (including phenoxy) is 2. The molecule has 138 valence electrons. The highest BCUT2D eigenvalue weighted by Gasteiger charge is 2.08. The summed E-state index contributed by atoms with van der Waals surface area (Å²) in [7, 11) is 0. The molecule has 0 saturated carbocycles. The van der Waals surface area contributed by atoms with Crippen LogP contribution in [0.25, 0.3) is 11.1 Å². The van der Waals surface area contributed by atoms with E-state index in [0.29, 0.717) is 12.3 Å². The van der Waals surface area contributed by atoms with Crippen LogP contribution in [0.3, 0.4) is 0 Å². The van der Waals surface area contributed by atoms with Gasteiger partial charge in [0, 0.05) is 6.54 Å². The zero-order valence-electron chi connectivity index (χ0n) is 15.1. The molecule has 0 fully saturated rings. The Balaban J connectivity index is 1.68. The van der Waals surface area contributed by atoms with Gasteiger partial charge in [0.2, 0.25) is 0 Å². The molecule has 2 rings (SSSR count). The highest BCUT2D eigenvalue weighted by atomic mass is 16.6. The van der Waals surface area contributed by atoms with Crippen LogP contribution in [0.15, 0.2) is 54.6 Å². The van der Waals surface area contributed by atoms with E-state index in [-0.39, 0.29) is 19.1 Å². The molecule has 0 aromatic heterocycles. The number of hydrogen-bond acceptors (Lipinski definition) is 4. The minimum absolute atomic E-state index is 0.228. The number of hydrogen-bond donors (Lipinski definition) is 1. The number of carbonyl (C=O) groups is 2. The lowest BCUT2D eigenvalue weighted by Gasteiger charge is -2.08. The molecule has 5 nitrogen and oxygen atoms in total. The van der Waals surface area contributed by atoms with Crippen LogP contribution in [0.5, 0.6) is 5.75 Å². The normalized spacial score (nSPS) is 10.2. The monoisotopic (exact) mass is 355 g/mol. The van der Waals surface area contributed by atoms with E-state index in [9.17, 15) is 9.59 Å². The zero-order chi connectivity index (χ0) is 18.6. The molecule has 0 radical (unpaired) electrons. The van der Waals surface area contributed by atoms with E-state index in [1.54, 1.807) is 12.1 Å². The van der Waals surface area contributed by atoms with Gasteiger partial charge in [-0.2, -0.15) is 0 Å². The highest BCUT2D eigenvalue weighted by Crippen LogP contribution is 2.21. The molecular weight excluding hydrogens is 330 g/mol. The zero-order valence-corrected chi connectivity index (χ0v) is 15.1. The molecule has 0 spiro atoms. The maximum absolute atomic E-state index is 11.7. The quantitative estimate of drug-likeness (QED) is 0.523. The van der Waals surface area contributed by atoms with Crippen molar-refractivity contribution in [2.24, 2.45) is 0 Å². The van der Waals surface area contributed by atoms with Crippen molar-refractivity contribution in [2.75, 3.05) is 19.8 Å². The van der Waals surface area contributed by atoms with Gasteiger partial charge in [-0.1, -0.05) is 62.2 Å². The van der Waals surface area contributed by atoms with Gasteiger partial charge in [-0.3, -0.25) is 4.79 Å². The summed E-state index contributed by atoms with van der Waals surface area (Å²) in [6.45, 7) is 2.20. The first-order chi connectivity index (χ1) is 12.7. The maximum atomic E-state index is 11.7. The van der Waals surface area contributed by atoms with E-state index < -0.39 is 5.97 Å². The number of amides is 1. The predicted octanol–water partition coefficient (Wildman–Crippen LogP) is 3.58. The van der Waals surface area contributed by atoms with Gasteiger partial charge in [-0.25, -0.2) is 4.79 Å². The van der Waals surface area contributed by atoms with Crippen LogP contribution in [-0.2, 0) is 14.3 Å². The Hall–Kier alpha value is -2.82. The maximum Gasteiger partial charge on any atom is 0.344 e. The van der Waals surface area contributed by atoms with Gasteiger partial charge in [0.25, 0.3) is 5.91 Å². The molecule has 1 amide bonds. The number of benzene rings is 2. The summed E-state index contributed by atoms with van der Waals surface area (Å²) < 4.78 is 10.3. The van der Waals surface area contributed by atoms with Gasteiger partial charge in [0.1, 0.15) is 5.75 Å². The lowest BCUT2D eigenvalue weighted by molar-refractivity contribution is -0.150. The second-order valence-electron chi connectivity index (χ2n) is 5.90. The van der Waals surface area contributed by atoms with Crippen molar-refractivity contribution < 1.29 is 19.1 Å². The molecule has 0 aliphatic rings. The van der Waals surface area contributed by atoms with Crippen LogP contribution >= 0.6 is 0 Å². The second kappa shape index (κ2) is 10.9. The van der Waals surface area contributed by atoms with Crippen molar-refractivity contribution in [2.45, 2.75) is 26.2 Å². The first-order valence-corrected chi connectivity index (χ1v) is 8.89. The van der Waals surface area contributed by atoms with Crippen molar-refractivity contribution in [1.29, 1.82) is 0 Å². The fraction of sp³-hybridized carbons (Fsp3) is 0.333. The Morgan fingerprint density at radius 3 is 2.27 bits per heavy atom. The average molecular weight is 355 g/mol. The molecule has 1 N–H and O–H groups in total. The SMILES string of the molecule is CCCCCNC(=O)COC(=O)COc1ccc(-c2ccccc2)cc1. The molecule has 0 heterocycles. The van der Waals surface area contributed by atoms with E-state index >= 15 is 0 Å². The fourth-order valence-corrected chi connectivity index (χ4v) is 2.36. The molecular formula is C21H25NO4. The molecule has 0 saturated heterocycles. The first-order valence-electron chi connectivity index (χ1n) is 8.89. The topological polar surface area (TPSA) is 64.6 Å². The number of unbranched alkanes of at least 4 members (excludes halogenated alkanes) is 2. The fourth-order valence-electron chi connectivity index (χ4n) is 2.36. The van der Waals surface area contributed by atoms with E-state index in [1.165, 1.54) is 0 Å². The highest BCUT2D eigenvalue weighted by molar-refractivity contribution is 5.80. The van der Waals surface area contributed by atoms with Crippen LogP contribution in [0.4, 0.5) is 0 Å². The van der Waals surface area contributed by atoms with Crippen molar-refractivity contribution in [3.63, 3.8) is 0 Å². The van der Waals surface area contributed by atoms with Crippen molar-refractivity contribution in [3.05, 3.63) is 54.6 Å². The van der Waals surface area contributed by atoms with E-state index in [2.05, 4.69) is 12.2 Å². The first kappa shape index (κ1) is 19.5. The number of esters is 1. The summed E-state index contributed by atoms with van der Waals surface area (Å²) >= 11 is 0. The molecule has 2 aromatic carbocycles. The van der Waals surface area contributed by atoms with Crippen LogP contribution in [0.2, 0.25) is 0 Å². The van der Waals surface area contributed by atoms with Gasteiger partial charge >= 0.3 is 5.97 Å². The van der Waals surface area contributed by atoms with E-state index in [1.807, 2.05) is 42.5 Å². The molecule has 5 heteroatoms. The predicted molar refractivity (Wildman–Crippen MR) is 101 cm³/mol. The third-order valence-electron chi connectivity index (χ3n) is 3.78. The summed E-state index contributed by atoms with van der Waals surface area (Å²) in [5.41, 5.74) is 2.18. The summed E-state index contributed by atoms with van der Waals surface area (Å²) in [5, 5.41) is 2.71. The molecule has 26 heavy (non-hydrogen) atoms. The Kier molecular flexibility index (Phi) is 8.19. The molecule has 0 bridgehead atoms. The Morgan fingerprint density at radius 2 is 1.58 bits per heavy atom. The number of carbonyl (C=O) groups excluding carboxylic acids is 2. The van der Waals surface area contributed by atoms with Crippen molar-refractivity contribution in [3.8, 4) is 16.9 Å². The lowest BCUT2D eigenvalue weighted by Crippen LogP contribution is -2.30.